The van der Waals surface area contributed by atoms with Crippen molar-refractivity contribution in [2.24, 2.45) is 5.92 Å². The predicted molar refractivity (Wildman–Crippen MR) is 87.3 cm³/mol. The quantitative estimate of drug-likeness (QED) is 0.288. The zero-order valence-electron chi connectivity index (χ0n) is 15.2. The summed E-state index contributed by atoms with van der Waals surface area (Å²) in [5.41, 5.74) is 0.181. The Morgan fingerprint density at radius 2 is 1.93 bits per heavy atom. The Kier molecular flexibility index (Phi) is 6.06. The van der Waals surface area contributed by atoms with E-state index in [1.54, 1.807) is 24.5 Å². The van der Waals surface area contributed by atoms with Crippen LogP contribution in [0.1, 0.15) is 6.42 Å². The summed E-state index contributed by atoms with van der Waals surface area (Å²) in [6, 6.07) is 1.41. The third kappa shape index (κ3) is 3.58. The van der Waals surface area contributed by atoms with Crippen LogP contribution in [0.3, 0.4) is 0 Å². The first-order valence-corrected chi connectivity index (χ1v) is 9.38. The second-order valence-electron chi connectivity index (χ2n) is 6.67. The van der Waals surface area contributed by atoms with Crippen LogP contribution in [-0.2, 0) is 14.4 Å². The number of pyridine rings is 1. The van der Waals surface area contributed by atoms with Gasteiger partial charge in [-0.2, -0.15) is 13.2 Å². The number of carbonyl (C=O) groups excluding carboxylic acids is 3. The summed E-state index contributed by atoms with van der Waals surface area (Å²) in [5, 5.41) is 11.7. The largest absolute Gasteiger partial charge is 1.00 e. The molecule has 3 aliphatic rings. The number of likely N-dealkylation sites (tertiary alicyclic amines) is 1. The van der Waals surface area contributed by atoms with Gasteiger partial charge in [0.25, 0.3) is 5.91 Å². The number of hydrogen-bond acceptors (Lipinski definition) is 6. The zero-order chi connectivity index (χ0) is 20.2. The number of aromatic nitrogens is 1. The topological polar surface area (TPSA) is 93.6 Å². The molecule has 3 atom stereocenters. The van der Waals surface area contributed by atoms with Crippen LogP contribution >= 0.6 is 11.8 Å². The molecule has 0 N–H and O–H groups in total. The van der Waals surface area contributed by atoms with Crippen LogP contribution in [0.2, 0.25) is 0 Å². The fourth-order valence-electron chi connectivity index (χ4n) is 4.16. The van der Waals surface area contributed by atoms with Crippen molar-refractivity contribution in [1.82, 2.24) is 14.8 Å². The van der Waals surface area contributed by atoms with Gasteiger partial charge in [0, 0.05) is 35.5 Å². The van der Waals surface area contributed by atoms with Crippen molar-refractivity contribution < 1.29 is 62.2 Å². The molecule has 0 spiro atoms. The summed E-state index contributed by atoms with van der Waals surface area (Å²) in [7, 11) is 0. The van der Waals surface area contributed by atoms with Crippen LogP contribution in [0.5, 0.6) is 0 Å². The molecular formula is C17H13F3N3NaO4S. The maximum Gasteiger partial charge on any atom is 1.00 e. The number of alkyl halides is 3. The van der Waals surface area contributed by atoms with Crippen molar-refractivity contribution >= 4 is 29.5 Å². The molecule has 0 saturated carbocycles. The van der Waals surface area contributed by atoms with Gasteiger partial charge < -0.3 is 19.7 Å². The molecule has 2 fully saturated rings. The number of carboxylic acid groups (broad SMARTS) is 1. The zero-order valence-corrected chi connectivity index (χ0v) is 18.0. The Labute approximate surface area is 189 Å². The van der Waals surface area contributed by atoms with Gasteiger partial charge in [0.05, 0.1) is 17.7 Å². The predicted octanol–water partition coefficient (Wildman–Crippen LogP) is -2.81. The summed E-state index contributed by atoms with van der Waals surface area (Å²) in [6.07, 6.45) is -1.77. The molecule has 0 aliphatic carbocycles. The molecule has 148 valence electrons. The number of thioether (sulfide) groups is 1. The summed E-state index contributed by atoms with van der Waals surface area (Å²) < 4.78 is 38.5. The summed E-state index contributed by atoms with van der Waals surface area (Å²) in [4.78, 5) is 42.0. The number of carbonyl (C=O) groups is 3. The molecule has 1 aromatic rings. The van der Waals surface area contributed by atoms with Crippen molar-refractivity contribution in [3.63, 3.8) is 0 Å². The van der Waals surface area contributed by atoms with Crippen LogP contribution in [0, 0.1) is 5.92 Å². The van der Waals surface area contributed by atoms with Crippen LogP contribution in [0.4, 0.5) is 13.2 Å². The molecule has 4 rings (SSSR count). The van der Waals surface area contributed by atoms with E-state index in [1.807, 2.05) is 0 Å². The van der Waals surface area contributed by atoms with E-state index in [9.17, 15) is 32.7 Å². The standard InChI is InChI=1S/C17H14F3N3O4S.Na/c18-17(19,20)16(27)22-6-3-9-10(7-28-8-1-4-21-5-2-8)12(15(25)26)23-11(9)13(22)14(23)24;/h1-2,4-5,9,11,13H,3,6-7H2,(H,25,26);/q;+1/p-1/t9?,11-,13+;/m1./s1. The van der Waals surface area contributed by atoms with E-state index in [0.717, 1.165) is 9.80 Å². The normalized spacial score (nSPS) is 25.3. The SMILES string of the molecule is O=C([O-])C1=C(CSc2ccncc2)C2CCN(C(=O)C(F)(F)F)[C@@H]3C(=O)N1[C@H]23.[Na+]. The molecular weight excluding hydrogens is 422 g/mol. The minimum absolute atomic E-state index is 0. The van der Waals surface area contributed by atoms with Gasteiger partial charge in [-0.15, -0.1) is 11.8 Å². The molecule has 0 bridgehead atoms. The number of piperidine rings is 1. The Morgan fingerprint density at radius 1 is 1.28 bits per heavy atom. The number of rotatable bonds is 4. The van der Waals surface area contributed by atoms with Crippen LogP contribution < -0.4 is 34.7 Å². The minimum atomic E-state index is -5.09. The molecule has 1 unspecified atom stereocenters. The summed E-state index contributed by atoms with van der Waals surface area (Å²) >= 11 is 1.34. The van der Waals surface area contributed by atoms with Gasteiger partial charge in [0.15, 0.2) is 0 Å². The third-order valence-corrected chi connectivity index (χ3v) is 6.34. The number of carboxylic acids is 1. The van der Waals surface area contributed by atoms with Crippen molar-refractivity contribution in [3.05, 3.63) is 35.8 Å². The Morgan fingerprint density at radius 3 is 2.52 bits per heavy atom. The molecule has 7 nitrogen and oxygen atoms in total. The second-order valence-corrected chi connectivity index (χ2v) is 7.72. The Balaban J connectivity index is 0.00000240. The average molecular weight is 435 g/mol. The van der Waals surface area contributed by atoms with E-state index in [-0.39, 0.29) is 54.0 Å². The Hall–Kier alpha value is -1.56. The van der Waals surface area contributed by atoms with E-state index in [0.29, 0.717) is 10.5 Å². The number of amides is 2. The summed E-state index contributed by atoms with van der Waals surface area (Å²) in [6.45, 7) is -0.256. The number of β-lactam (4-membered cyclic amide) rings is 1. The first-order valence-electron chi connectivity index (χ1n) is 8.40. The molecule has 3 aliphatic heterocycles. The summed E-state index contributed by atoms with van der Waals surface area (Å²) in [5.74, 6) is -4.59. The van der Waals surface area contributed by atoms with Crippen LogP contribution in [-0.4, -0.2) is 63.1 Å². The number of halogens is 3. The first-order chi connectivity index (χ1) is 13.2. The van der Waals surface area contributed by atoms with Crippen LogP contribution in [0.15, 0.2) is 40.7 Å². The fourth-order valence-corrected chi connectivity index (χ4v) is 5.15. The molecule has 2 saturated heterocycles. The van der Waals surface area contributed by atoms with Gasteiger partial charge in [-0.3, -0.25) is 14.6 Å². The monoisotopic (exact) mass is 435 g/mol. The average Bonchev–Trinajstić information content (AvgIpc) is 2.97. The van der Waals surface area contributed by atoms with Crippen molar-refractivity contribution in [2.75, 3.05) is 12.3 Å². The molecule has 1 aromatic heterocycles. The number of nitrogens with zero attached hydrogens (tertiary/aromatic N) is 3. The number of hydrogen-bond donors (Lipinski definition) is 0. The molecule has 2 amide bonds. The van der Waals surface area contributed by atoms with Gasteiger partial charge in [-0.1, -0.05) is 0 Å². The van der Waals surface area contributed by atoms with Crippen molar-refractivity contribution in [3.8, 4) is 0 Å². The molecule has 12 heteroatoms. The number of aliphatic carboxylic acids is 1. The molecule has 29 heavy (non-hydrogen) atoms. The smallest absolute Gasteiger partial charge is 0.543 e. The second kappa shape index (κ2) is 7.93. The van der Waals surface area contributed by atoms with Gasteiger partial charge >= 0.3 is 41.6 Å². The van der Waals surface area contributed by atoms with E-state index >= 15 is 0 Å². The minimum Gasteiger partial charge on any atom is -0.543 e. The van der Waals surface area contributed by atoms with Gasteiger partial charge in [-0.05, 0) is 24.1 Å². The Bertz CT molecular complexity index is 896. The van der Waals surface area contributed by atoms with Gasteiger partial charge in [-0.25, -0.2) is 0 Å². The van der Waals surface area contributed by atoms with Gasteiger partial charge in [0.1, 0.15) is 6.04 Å². The van der Waals surface area contributed by atoms with Crippen molar-refractivity contribution in [2.45, 2.75) is 29.6 Å². The van der Waals surface area contributed by atoms with Crippen LogP contribution in [0.25, 0.3) is 0 Å². The fraction of sp³-hybridized carbons (Fsp3) is 0.412. The van der Waals surface area contributed by atoms with E-state index in [4.69, 9.17) is 0 Å². The molecule has 0 aromatic carbocycles. The first kappa shape index (κ1) is 22.1. The maximum atomic E-state index is 12.8. The molecule has 4 heterocycles. The molecule has 0 radical (unpaired) electrons. The maximum absolute atomic E-state index is 12.8. The van der Waals surface area contributed by atoms with E-state index in [2.05, 4.69) is 4.98 Å². The van der Waals surface area contributed by atoms with E-state index in [1.165, 1.54) is 11.8 Å². The van der Waals surface area contributed by atoms with E-state index < -0.39 is 42.0 Å². The van der Waals surface area contributed by atoms with Crippen molar-refractivity contribution in [1.29, 1.82) is 0 Å². The third-order valence-electron chi connectivity index (χ3n) is 5.27. The van der Waals surface area contributed by atoms with Gasteiger partial charge in [0.2, 0.25) is 0 Å².